The van der Waals surface area contributed by atoms with E-state index in [1.165, 1.54) is 32.1 Å². The number of aliphatic hydroxyl groups excluding tert-OH is 1. The molecule has 0 spiro atoms. The van der Waals surface area contributed by atoms with Gasteiger partial charge in [0.1, 0.15) is 0 Å². The van der Waals surface area contributed by atoms with E-state index in [0.29, 0.717) is 11.4 Å². The summed E-state index contributed by atoms with van der Waals surface area (Å²) in [5.74, 6) is 0.876. The lowest BCUT2D eigenvalue weighted by molar-refractivity contribution is 0.322. The van der Waals surface area contributed by atoms with E-state index < -0.39 is 0 Å². The molecule has 0 amide bonds. The molecule has 0 fully saturated rings. The van der Waals surface area contributed by atoms with Crippen molar-refractivity contribution in [1.29, 1.82) is 0 Å². The fraction of sp³-hybridized carbons (Fsp3) is 1.00. The molecule has 0 aliphatic heterocycles. The third-order valence-corrected chi connectivity index (χ3v) is 3.59. The van der Waals surface area contributed by atoms with Crippen LogP contribution in [0.25, 0.3) is 0 Å². The largest absolute Gasteiger partial charge is 0.396 e. The summed E-state index contributed by atoms with van der Waals surface area (Å²) in [7, 11) is 0. The van der Waals surface area contributed by atoms with Gasteiger partial charge in [0.2, 0.25) is 0 Å². The molecular weight excluding hydrogens is 180 g/mol. The van der Waals surface area contributed by atoms with Crippen molar-refractivity contribution in [3.63, 3.8) is 0 Å². The van der Waals surface area contributed by atoms with Gasteiger partial charge >= 0.3 is 0 Å². The summed E-state index contributed by atoms with van der Waals surface area (Å²) < 4.78 is 0.358. The predicted octanol–water partition coefficient (Wildman–Crippen LogP) is 3.46. The minimum Gasteiger partial charge on any atom is -0.396 e. The maximum atomic E-state index is 8.72. The average Bonchev–Trinajstić information content (AvgIpc) is 2.09. The van der Waals surface area contributed by atoms with Crippen molar-refractivity contribution < 1.29 is 5.11 Å². The van der Waals surface area contributed by atoms with Crippen LogP contribution in [0.3, 0.4) is 0 Å². The van der Waals surface area contributed by atoms with Crippen LogP contribution in [0.5, 0.6) is 0 Å². The Labute approximate surface area is 87.3 Å². The van der Waals surface area contributed by atoms with E-state index in [9.17, 15) is 0 Å². The fourth-order valence-electron chi connectivity index (χ4n) is 1.37. The first-order valence-corrected chi connectivity index (χ1v) is 6.36. The van der Waals surface area contributed by atoms with Gasteiger partial charge in [-0.05, 0) is 6.42 Å². The second kappa shape index (κ2) is 7.69. The van der Waals surface area contributed by atoms with Gasteiger partial charge in [-0.3, -0.25) is 0 Å². The van der Waals surface area contributed by atoms with Crippen LogP contribution >= 0.6 is 11.8 Å². The van der Waals surface area contributed by atoms with E-state index in [0.717, 1.165) is 5.75 Å². The second-order valence-corrected chi connectivity index (χ2v) is 5.94. The standard InChI is InChI=1S/C11H24OS/c1-4-5-6-7-8-11(2,3)13-10-9-12/h12H,4-10H2,1-3H3. The van der Waals surface area contributed by atoms with Crippen molar-refractivity contribution in [2.45, 2.75) is 57.6 Å². The van der Waals surface area contributed by atoms with Gasteiger partial charge in [0, 0.05) is 10.5 Å². The zero-order valence-electron chi connectivity index (χ0n) is 9.31. The Morgan fingerprint density at radius 3 is 2.38 bits per heavy atom. The van der Waals surface area contributed by atoms with E-state index in [2.05, 4.69) is 20.8 Å². The van der Waals surface area contributed by atoms with Crippen LogP contribution in [0, 0.1) is 0 Å². The zero-order chi connectivity index (χ0) is 10.2. The highest BCUT2D eigenvalue weighted by molar-refractivity contribution is 8.00. The monoisotopic (exact) mass is 204 g/mol. The molecule has 0 aromatic heterocycles. The van der Waals surface area contributed by atoms with Gasteiger partial charge in [-0.2, -0.15) is 11.8 Å². The molecule has 0 aromatic rings. The summed E-state index contributed by atoms with van der Waals surface area (Å²) in [6.07, 6.45) is 6.64. The van der Waals surface area contributed by atoms with Crippen LogP contribution in [-0.2, 0) is 0 Å². The first-order valence-electron chi connectivity index (χ1n) is 5.37. The van der Waals surface area contributed by atoms with Gasteiger partial charge in [0.25, 0.3) is 0 Å². The van der Waals surface area contributed by atoms with Gasteiger partial charge in [-0.15, -0.1) is 0 Å². The Bertz CT molecular complexity index is 113. The van der Waals surface area contributed by atoms with Crippen LogP contribution in [0.1, 0.15) is 52.9 Å². The van der Waals surface area contributed by atoms with Gasteiger partial charge in [0.05, 0.1) is 6.61 Å². The molecule has 0 unspecified atom stereocenters. The van der Waals surface area contributed by atoms with E-state index in [1.807, 2.05) is 11.8 Å². The smallest absolute Gasteiger partial charge is 0.0521 e. The van der Waals surface area contributed by atoms with E-state index in [1.54, 1.807) is 0 Å². The molecule has 13 heavy (non-hydrogen) atoms. The molecule has 80 valence electrons. The number of thioether (sulfide) groups is 1. The molecule has 0 aliphatic carbocycles. The highest BCUT2D eigenvalue weighted by atomic mass is 32.2. The van der Waals surface area contributed by atoms with E-state index in [4.69, 9.17) is 5.11 Å². The lowest BCUT2D eigenvalue weighted by atomic mass is 10.0. The Balaban J connectivity index is 3.39. The maximum Gasteiger partial charge on any atom is 0.0521 e. The summed E-state index contributed by atoms with van der Waals surface area (Å²) >= 11 is 1.89. The number of hydrogen-bond acceptors (Lipinski definition) is 2. The van der Waals surface area contributed by atoms with Crippen molar-refractivity contribution in [2.24, 2.45) is 0 Å². The quantitative estimate of drug-likeness (QED) is 0.611. The normalized spacial score (nSPS) is 12.0. The molecule has 0 heterocycles. The fourth-order valence-corrected chi connectivity index (χ4v) is 2.30. The number of rotatable bonds is 8. The van der Waals surface area contributed by atoms with Crippen molar-refractivity contribution in [2.75, 3.05) is 12.4 Å². The molecule has 0 saturated carbocycles. The molecule has 1 N–H and O–H groups in total. The molecule has 0 atom stereocenters. The maximum absolute atomic E-state index is 8.72. The lowest BCUT2D eigenvalue weighted by Crippen LogP contribution is -2.15. The first kappa shape index (κ1) is 13.3. The molecule has 0 aliphatic rings. The molecule has 0 rings (SSSR count). The molecule has 1 nitrogen and oxygen atoms in total. The SMILES string of the molecule is CCCCCCC(C)(C)SCCO. The molecule has 0 saturated heterocycles. The van der Waals surface area contributed by atoms with Gasteiger partial charge in [-0.25, -0.2) is 0 Å². The van der Waals surface area contributed by atoms with E-state index >= 15 is 0 Å². The summed E-state index contributed by atoms with van der Waals surface area (Å²) in [5, 5.41) is 8.72. The predicted molar refractivity (Wildman–Crippen MR) is 62.4 cm³/mol. The third-order valence-electron chi connectivity index (χ3n) is 2.22. The van der Waals surface area contributed by atoms with Crippen molar-refractivity contribution >= 4 is 11.8 Å². The minimum atomic E-state index is 0.309. The van der Waals surface area contributed by atoms with Crippen LogP contribution in [0.15, 0.2) is 0 Å². The second-order valence-electron chi connectivity index (χ2n) is 4.14. The highest BCUT2D eigenvalue weighted by Gasteiger charge is 2.16. The third kappa shape index (κ3) is 8.63. The molecular formula is C11H24OS. The van der Waals surface area contributed by atoms with Crippen molar-refractivity contribution in [3.8, 4) is 0 Å². The zero-order valence-corrected chi connectivity index (χ0v) is 10.1. The molecule has 0 bridgehead atoms. The highest BCUT2D eigenvalue weighted by Crippen LogP contribution is 2.29. The number of unbranched alkanes of at least 4 members (excludes halogenated alkanes) is 3. The summed E-state index contributed by atoms with van der Waals surface area (Å²) in [5.41, 5.74) is 0. The topological polar surface area (TPSA) is 20.2 Å². The summed E-state index contributed by atoms with van der Waals surface area (Å²) in [4.78, 5) is 0. The Morgan fingerprint density at radius 2 is 1.85 bits per heavy atom. The Kier molecular flexibility index (Phi) is 7.87. The molecule has 0 aromatic carbocycles. The average molecular weight is 204 g/mol. The van der Waals surface area contributed by atoms with E-state index in [-0.39, 0.29) is 0 Å². The van der Waals surface area contributed by atoms with Crippen LogP contribution in [0.2, 0.25) is 0 Å². The van der Waals surface area contributed by atoms with Gasteiger partial charge in [-0.1, -0.05) is 46.5 Å². The van der Waals surface area contributed by atoms with Gasteiger partial charge in [0.15, 0.2) is 0 Å². The minimum absolute atomic E-state index is 0.309. The summed E-state index contributed by atoms with van der Waals surface area (Å²) in [6, 6.07) is 0. The molecule has 2 heteroatoms. The van der Waals surface area contributed by atoms with Crippen molar-refractivity contribution in [1.82, 2.24) is 0 Å². The van der Waals surface area contributed by atoms with Gasteiger partial charge < -0.3 is 5.11 Å². The lowest BCUT2D eigenvalue weighted by Gasteiger charge is -2.23. The van der Waals surface area contributed by atoms with Crippen LogP contribution < -0.4 is 0 Å². The number of aliphatic hydroxyl groups is 1. The Hall–Kier alpha value is 0.310. The summed E-state index contributed by atoms with van der Waals surface area (Å²) in [6.45, 7) is 7.10. The number of hydrogen-bond donors (Lipinski definition) is 1. The van der Waals surface area contributed by atoms with Crippen LogP contribution in [0.4, 0.5) is 0 Å². The van der Waals surface area contributed by atoms with Crippen molar-refractivity contribution in [3.05, 3.63) is 0 Å². The Morgan fingerprint density at radius 1 is 1.15 bits per heavy atom. The molecule has 0 radical (unpaired) electrons. The first-order chi connectivity index (χ1) is 6.12. The van der Waals surface area contributed by atoms with Crippen LogP contribution in [-0.4, -0.2) is 22.2 Å².